The van der Waals surface area contributed by atoms with Crippen molar-refractivity contribution in [2.24, 2.45) is 5.92 Å². The Bertz CT molecular complexity index is 370. The molecule has 6 heteroatoms. The lowest BCUT2D eigenvalue weighted by atomic mass is 10.00. The molecule has 15 heavy (non-hydrogen) atoms. The number of nitro groups is 1. The van der Waals surface area contributed by atoms with Crippen molar-refractivity contribution in [3.05, 3.63) is 21.9 Å². The highest BCUT2D eigenvalue weighted by molar-refractivity contribution is 5.27. The van der Waals surface area contributed by atoms with Gasteiger partial charge < -0.3 is 15.4 Å². The number of aromatic nitrogens is 2. The van der Waals surface area contributed by atoms with Gasteiger partial charge in [-0.05, 0) is 37.3 Å². The number of nitrogens with zero attached hydrogens (tertiary/aromatic N) is 3. The maximum Gasteiger partial charge on any atom is 0.392 e. The summed E-state index contributed by atoms with van der Waals surface area (Å²) in [6.07, 6.45) is 2.77. The van der Waals surface area contributed by atoms with Crippen LogP contribution in [0.4, 0.5) is 5.82 Å². The smallest absolute Gasteiger partial charge is 0.358 e. The molecule has 1 N–H and O–H groups in total. The molecular weight excluding hydrogens is 196 g/mol. The van der Waals surface area contributed by atoms with E-state index in [0.29, 0.717) is 11.5 Å². The van der Waals surface area contributed by atoms with Crippen molar-refractivity contribution in [3.8, 4) is 0 Å². The summed E-state index contributed by atoms with van der Waals surface area (Å²) in [4.78, 5) is 10.1. The van der Waals surface area contributed by atoms with Crippen LogP contribution in [0.2, 0.25) is 0 Å². The fraction of sp³-hybridized carbons (Fsp3) is 0.667. The topological polar surface area (TPSA) is 73.0 Å². The van der Waals surface area contributed by atoms with Crippen molar-refractivity contribution < 1.29 is 4.92 Å². The highest BCUT2D eigenvalue weighted by atomic mass is 16.6. The summed E-state index contributed by atoms with van der Waals surface area (Å²) in [7, 11) is 0. The molecule has 0 saturated carbocycles. The lowest BCUT2D eigenvalue weighted by molar-refractivity contribution is -0.390. The molecule has 0 radical (unpaired) electrons. The molecule has 0 atom stereocenters. The van der Waals surface area contributed by atoms with E-state index in [1.165, 1.54) is 0 Å². The Labute approximate surface area is 87.4 Å². The van der Waals surface area contributed by atoms with Crippen molar-refractivity contribution >= 4 is 5.82 Å². The number of hydrogen-bond acceptors (Lipinski definition) is 4. The molecule has 0 amide bonds. The van der Waals surface area contributed by atoms with Gasteiger partial charge in [0.25, 0.3) is 0 Å². The molecule has 1 aromatic heterocycles. The summed E-state index contributed by atoms with van der Waals surface area (Å²) in [6, 6.07) is 0. The minimum Gasteiger partial charge on any atom is -0.358 e. The van der Waals surface area contributed by atoms with Gasteiger partial charge >= 0.3 is 5.82 Å². The molecule has 1 aliphatic heterocycles. The van der Waals surface area contributed by atoms with Gasteiger partial charge in [0, 0.05) is 0 Å². The minimum atomic E-state index is -0.434. The predicted octanol–water partition coefficient (Wildman–Crippen LogP) is 0.709. The second-order valence-corrected chi connectivity index (χ2v) is 3.97. The molecule has 82 valence electrons. The number of hydrogen-bond donors (Lipinski definition) is 1. The highest BCUT2D eigenvalue weighted by Gasteiger charge is 2.20. The average Bonchev–Trinajstić information content (AvgIpc) is 2.44. The zero-order valence-electron chi connectivity index (χ0n) is 8.64. The summed E-state index contributed by atoms with van der Waals surface area (Å²) in [5.41, 5.74) is 0.631. The molecule has 2 heterocycles. The van der Waals surface area contributed by atoms with Crippen LogP contribution in [0.3, 0.4) is 0 Å². The van der Waals surface area contributed by atoms with Crippen LogP contribution in [-0.4, -0.2) is 27.8 Å². The van der Waals surface area contributed by atoms with Crippen molar-refractivity contribution in [1.29, 1.82) is 0 Å². The molecule has 0 unspecified atom stereocenters. The minimum absolute atomic E-state index is 0.0262. The van der Waals surface area contributed by atoms with Gasteiger partial charge in [0.1, 0.15) is 0 Å². The van der Waals surface area contributed by atoms with Crippen LogP contribution in [0.1, 0.15) is 12.0 Å². The van der Waals surface area contributed by atoms with E-state index < -0.39 is 4.92 Å². The van der Waals surface area contributed by atoms with E-state index in [4.69, 9.17) is 0 Å². The van der Waals surface area contributed by atoms with Crippen LogP contribution >= 0.6 is 0 Å². The Morgan fingerprint density at radius 1 is 1.73 bits per heavy atom. The standard InChI is InChI=1S/C9H14N4O2/c1-7-6-12(11-9(7)13(14)15)3-2-8-4-10-5-8/h6,8,10H,2-5H2,1H3. The second-order valence-electron chi connectivity index (χ2n) is 3.97. The molecule has 1 saturated heterocycles. The lowest BCUT2D eigenvalue weighted by Crippen LogP contribution is -2.42. The Morgan fingerprint density at radius 2 is 2.47 bits per heavy atom. The molecule has 1 fully saturated rings. The van der Waals surface area contributed by atoms with E-state index in [1.54, 1.807) is 17.8 Å². The molecule has 0 aliphatic carbocycles. The third-order valence-corrected chi connectivity index (χ3v) is 2.72. The van der Waals surface area contributed by atoms with Gasteiger partial charge in [-0.1, -0.05) is 0 Å². The first-order valence-corrected chi connectivity index (χ1v) is 5.06. The maximum absolute atomic E-state index is 10.6. The first-order valence-electron chi connectivity index (χ1n) is 5.06. The molecular formula is C9H14N4O2. The SMILES string of the molecule is Cc1cn(CCC2CNC2)nc1[N+](=O)[O-]. The van der Waals surface area contributed by atoms with Crippen LogP contribution in [0.5, 0.6) is 0 Å². The van der Waals surface area contributed by atoms with Crippen LogP contribution in [0.25, 0.3) is 0 Å². The summed E-state index contributed by atoms with van der Waals surface area (Å²) < 4.78 is 1.67. The van der Waals surface area contributed by atoms with Crippen molar-refractivity contribution in [3.63, 3.8) is 0 Å². The molecule has 2 rings (SSSR count). The Morgan fingerprint density at radius 3 is 2.93 bits per heavy atom. The van der Waals surface area contributed by atoms with Gasteiger partial charge in [0.15, 0.2) is 0 Å². The third-order valence-electron chi connectivity index (χ3n) is 2.72. The number of aryl methyl sites for hydroxylation is 2. The Hall–Kier alpha value is -1.43. The zero-order valence-corrected chi connectivity index (χ0v) is 8.64. The molecule has 1 aromatic rings. The zero-order chi connectivity index (χ0) is 10.8. The fourth-order valence-electron chi connectivity index (χ4n) is 1.67. The third kappa shape index (κ3) is 2.15. The van der Waals surface area contributed by atoms with Gasteiger partial charge in [0.05, 0.1) is 23.4 Å². The van der Waals surface area contributed by atoms with Crippen LogP contribution in [0.15, 0.2) is 6.20 Å². The summed E-state index contributed by atoms with van der Waals surface area (Å²) in [5.74, 6) is 0.676. The first-order chi connectivity index (χ1) is 7.16. The number of rotatable bonds is 4. The molecule has 0 spiro atoms. The predicted molar refractivity (Wildman–Crippen MR) is 54.6 cm³/mol. The van der Waals surface area contributed by atoms with E-state index in [0.717, 1.165) is 26.1 Å². The van der Waals surface area contributed by atoms with Gasteiger partial charge in [-0.25, -0.2) is 0 Å². The van der Waals surface area contributed by atoms with Gasteiger partial charge in [-0.2, -0.15) is 4.68 Å². The normalized spacial score (nSPS) is 16.3. The Kier molecular flexibility index (Phi) is 2.68. The average molecular weight is 210 g/mol. The monoisotopic (exact) mass is 210 g/mol. The molecule has 1 aliphatic rings. The van der Waals surface area contributed by atoms with Gasteiger partial charge in [0.2, 0.25) is 0 Å². The highest BCUT2D eigenvalue weighted by Crippen LogP contribution is 2.15. The van der Waals surface area contributed by atoms with Crippen molar-refractivity contribution in [2.45, 2.75) is 19.9 Å². The van der Waals surface area contributed by atoms with Crippen LogP contribution in [-0.2, 0) is 6.54 Å². The van der Waals surface area contributed by atoms with E-state index in [1.807, 2.05) is 0 Å². The number of nitrogens with one attached hydrogen (secondary N) is 1. The Balaban J connectivity index is 1.96. The van der Waals surface area contributed by atoms with E-state index in [2.05, 4.69) is 10.4 Å². The summed E-state index contributed by atoms with van der Waals surface area (Å²) >= 11 is 0. The van der Waals surface area contributed by atoms with Crippen molar-refractivity contribution in [1.82, 2.24) is 15.1 Å². The maximum atomic E-state index is 10.6. The van der Waals surface area contributed by atoms with Gasteiger partial charge in [-0.3, -0.25) is 0 Å². The summed E-state index contributed by atoms with van der Waals surface area (Å²) in [5, 5.41) is 17.7. The van der Waals surface area contributed by atoms with E-state index in [9.17, 15) is 10.1 Å². The van der Waals surface area contributed by atoms with Crippen molar-refractivity contribution in [2.75, 3.05) is 13.1 Å². The van der Waals surface area contributed by atoms with E-state index in [-0.39, 0.29) is 5.82 Å². The second kappa shape index (κ2) is 3.98. The quantitative estimate of drug-likeness (QED) is 0.586. The molecule has 6 nitrogen and oxygen atoms in total. The first kappa shape index (κ1) is 10.1. The fourth-order valence-corrected chi connectivity index (χ4v) is 1.67. The largest absolute Gasteiger partial charge is 0.392 e. The van der Waals surface area contributed by atoms with Gasteiger partial charge in [-0.15, -0.1) is 0 Å². The molecule has 0 bridgehead atoms. The summed E-state index contributed by atoms with van der Waals surface area (Å²) in [6.45, 7) is 4.60. The lowest BCUT2D eigenvalue weighted by Gasteiger charge is -2.26. The van der Waals surface area contributed by atoms with E-state index >= 15 is 0 Å². The molecule has 0 aromatic carbocycles. The van der Waals surface area contributed by atoms with Crippen LogP contribution < -0.4 is 5.32 Å². The van der Waals surface area contributed by atoms with Crippen LogP contribution in [0, 0.1) is 23.0 Å².